The van der Waals surface area contributed by atoms with Crippen molar-refractivity contribution in [1.82, 2.24) is 0 Å². The van der Waals surface area contributed by atoms with Gasteiger partial charge in [0.25, 0.3) is 5.91 Å². The molecule has 1 N–H and O–H groups in total. The molecule has 0 radical (unpaired) electrons. The summed E-state index contributed by atoms with van der Waals surface area (Å²) in [5, 5.41) is 2.84. The van der Waals surface area contributed by atoms with E-state index >= 15 is 0 Å². The van der Waals surface area contributed by atoms with Crippen molar-refractivity contribution >= 4 is 17.9 Å². The van der Waals surface area contributed by atoms with Crippen molar-refractivity contribution in [3.05, 3.63) is 23.8 Å². The van der Waals surface area contributed by atoms with Crippen molar-refractivity contribution in [2.24, 2.45) is 0 Å². The molecule has 2 rings (SSSR count). The average molecular weight is 247 g/mol. The lowest BCUT2D eigenvalue weighted by atomic mass is 9.96. The number of aldehydes is 1. The third-order valence-electron chi connectivity index (χ3n) is 3.18. The first kappa shape index (κ1) is 12.6. The molecule has 1 unspecified atom stereocenters. The highest BCUT2D eigenvalue weighted by atomic mass is 16.5. The lowest BCUT2D eigenvalue weighted by molar-refractivity contribution is -0.129. The molecule has 1 aliphatic rings. The second-order valence-corrected chi connectivity index (χ2v) is 5.13. The highest BCUT2D eigenvalue weighted by Crippen LogP contribution is 2.35. The van der Waals surface area contributed by atoms with Gasteiger partial charge < -0.3 is 14.8 Å². The number of nitrogens with one attached hydrogen (secondary N) is 1. The Morgan fingerprint density at radius 3 is 2.83 bits per heavy atom. The van der Waals surface area contributed by atoms with Crippen LogP contribution in [0.15, 0.2) is 18.2 Å². The Balaban J connectivity index is 2.32. The number of carbonyl (C=O) groups excluding carboxylic acids is 2. The number of fused-ring (bicyclic) bond motifs is 1. The van der Waals surface area contributed by atoms with E-state index in [-0.39, 0.29) is 11.8 Å². The molecule has 1 aliphatic heterocycles. The Hall–Kier alpha value is -1.84. The summed E-state index contributed by atoms with van der Waals surface area (Å²) in [6.45, 7) is 5.44. The minimum absolute atomic E-state index is 0.139. The summed E-state index contributed by atoms with van der Waals surface area (Å²) >= 11 is 0. The van der Waals surface area contributed by atoms with Crippen LogP contribution in [0.25, 0.3) is 0 Å². The molecule has 4 nitrogen and oxygen atoms in total. The summed E-state index contributed by atoms with van der Waals surface area (Å²) in [7, 11) is 0. The molecule has 0 bridgehead atoms. The van der Waals surface area contributed by atoms with Crippen LogP contribution in [0.5, 0.6) is 5.75 Å². The number of amides is 1. The maximum absolute atomic E-state index is 11.8. The molecule has 0 aliphatic carbocycles. The Kier molecular flexibility index (Phi) is 3.11. The first-order valence-electron chi connectivity index (χ1n) is 6.02. The van der Waals surface area contributed by atoms with Gasteiger partial charge in [0.1, 0.15) is 12.0 Å². The van der Waals surface area contributed by atoms with Gasteiger partial charge >= 0.3 is 0 Å². The van der Waals surface area contributed by atoms with E-state index < -0.39 is 5.60 Å². The third kappa shape index (κ3) is 2.23. The monoisotopic (exact) mass is 247 g/mol. The molecule has 18 heavy (non-hydrogen) atoms. The predicted molar refractivity (Wildman–Crippen MR) is 68.9 cm³/mol. The molecule has 1 atom stereocenters. The van der Waals surface area contributed by atoms with Crippen LogP contribution in [0.2, 0.25) is 0 Å². The minimum atomic E-state index is -0.844. The first-order chi connectivity index (χ1) is 8.44. The van der Waals surface area contributed by atoms with E-state index in [0.717, 1.165) is 11.8 Å². The van der Waals surface area contributed by atoms with Gasteiger partial charge in [0.2, 0.25) is 0 Å². The van der Waals surface area contributed by atoms with Gasteiger partial charge in [-0.15, -0.1) is 0 Å². The molecule has 1 amide bonds. The standard InChI is InChI=1S/C14H17NO3/c1-9(6-7-16)10-4-5-12-11(8-10)15-13(17)14(2,3)18-12/h4-5,7-9H,6H2,1-3H3,(H,15,17). The zero-order valence-corrected chi connectivity index (χ0v) is 10.8. The lowest BCUT2D eigenvalue weighted by Gasteiger charge is -2.32. The van der Waals surface area contributed by atoms with E-state index in [1.165, 1.54) is 0 Å². The van der Waals surface area contributed by atoms with Crippen molar-refractivity contribution in [3.8, 4) is 5.75 Å². The summed E-state index contributed by atoms with van der Waals surface area (Å²) < 4.78 is 5.64. The van der Waals surface area contributed by atoms with Gasteiger partial charge in [0.05, 0.1) is 5.69 Å². The highest BCUT2D eigenvalue weighted by molar-refractivity contribution is 6.00. The number of rotatable bonds is 3. The molecule has 0 saturated heterocycles. The maximum Gasteiger partial charge on any atom is 0.268 e. The molecule has 1 heterocycles. The number of anilines is 1. The predicted octanol–water partition coefficient (Wildman–Crippen LogP) is 2.49. The Bertz CT molecular complexity index is 494. The van der Waals surface area contributed by atoms with Crippen LogP contribution in [-0.4, -0.2) is 17.8 Å². The Labute approximate surface area is 106 Å². The summed E-state index contributed by atoms with van der Waals surface area (Å²) in [4.78, 5) is 22.3. The van der Waals surface area contributed by atoms with E-state index in [4.69, 9.17) is 4.74 Å². The molecular weight excluding hydrogens is 230 g/mol. The van der Waals surface area contributed by atoms with Gasteiger partial charge in [-0.1, -0.05) is 13.0 Å². The third-order valence-corrected chi connectivity index (χ3v) is 3.18. The van der Waals surface area contributed by atoms with E-state index in [1.54, 1.807) is 13.8 Å². The zero-order valence-electron chi connectivity index (χ0n) is 10.8. The van der Waals surface area contributed by atoms with Crippen molar-refractivity contribution < 1.29 is 14.3 Å². The molecule has 1 aromatic carbocycles. The topological polar surface area (TPSA) is 55.4 Å². The molecule has 1 aromatic rings. The first-order valence-corrected chi connectivity index (χ1v) is 6.02. The molecule has 0 aromatic heterocycles. The smallest absolute Gasteiger partial charge is 0.268 e. The van der Waals surface area contributed by atoms with Crippen molar-refractivity contribution in [2.45, 2.75) is 38.7 Å². The van der Waals surface area contributed by atoms with Gasteiger partial charge in [0.15, 0.2) is 5.60 Å². The summed E-state index contributed by atoms with van der Waals surface area (Å²) in [5.74, 6) is 0.650. The van der Waals surface area contributed by atoms with Gasteiger partial charge in [-0.2, -0.15) is 0 Å². The fraction of sp³-hybridized carbons (Fsp3) is 0.429. The average Bonchev–Trinajstić information content (AvgIpc) is 2.30. The van der Waals surface area contributed by atoms with E-state index in [0.29, 0.717) is 17.9 Å². The minimum Gasteiger partial charge on any atom is -0.476 e. The Morgan fingerprint density at radius 2 is 2.17 bits per heavy atom. The van der Waals surface area contributed by atoms with Crippen LogP contribution in [0.1, 0.15) is 38.7 Å². The van der Waals surface area contributed by atoms with Crippen molar-refractivity contribution in [2.75, 3.05) is 5.32 Å². The quantitative estimate of drug-likeness (QED) is 0.835. The van der Waals surface area contributed by atoms with Crippen LogP contribution in [-0.2, 0) is 9.59 Å². The molecule has 96 valence electrons. The van der Waals surface area contributed by atoms with E-state index in [1.807, 2.05) is 25.1 Å². The van der Waals surface area contributed by atoms with Gasteiger partial charge in [-0.05, 0) is 37.5 Å². The van der Waals surface area contributed by atoms with Crippen LogP contribution in [0.4, 0.5) is 5.69 Å². The fourth-order valence-electron chi connectivity index (χ4n) is 1.92. The number of carbonyl (C=O) groups is 2. The van der Waals surface area contributed by atoms with Crippen LogP contribution in [0, 0.1) is 0 Å². The second kappa shape index (κ2) is 4.44. The molecule has 0 fully saturated rings. The maximum atomic E-state index is 11.8. The summed E-state index contributed by atoms with van der Waals surface area (Å²) in [5.41, 5.74) is 0.849. The number of ether oxygens (including phenoxy) is 1. The van der Waals surface area contributed by atoms with Crippen molar-refractivity contribution in [1.29, 1.82) is 0 Å². The molecule has 0 spiro atoms. The summed E-state index contributed by atoms with van der Waals surface area (Å²) in [6.07, 6.45) is 1.38. The van der Waals surface area contributed by atoms with Gasteiger partial charge in [0, 0.05) is 6.42 Å². The molecule has 4 heteroatoms. The van der Waals surface area contributed by atoms with Crippen LogP contribution in [0.3, 0.4) is 0 Å². The molecule has 0 saturated carbocycles. The largest absolute Gasteiger partial charge is 0.476 e. The number of benzene rings is 1. The zero-order chi connectivity index (χ0) is 13.3. The number of hydrogen-bond acceptors (Lipinski definition) is 3. The van der Waals surface area contributed by atoms with E-state index in [2.05, 4.69) is 5.32 Å². The fourth-order valence-corrected chi connectivity index (χ4v) is 1.92. The van der Waals surface area contributed by atoms with Crippen molar-refractivity contribution in [3.63, 3.8) is 0 Å². The second-order valence-electron chi connectivity index (χ2n) is 5.13. The number of hydrogen-bond donors (Lipinski definition) is 1. The Morgan fingerprint density at radius 1 is 1.44 bits per heavy atom. The lowest BCUT2D eigenvalue weighted by Crippen LogP contribution is -2.45. The summed E-state index contributed by atoms with van der Waals surface area (Å²) in [6, 6.07) is 5.64. The molecular formula is C14H17NO3. The van der Waals surface area contributed by atoms with E-state index in [9.17, 15) is 9.59 Å². The SMILES string of the molecule is CC(CC=O)c1ccc2c(c1)NC(=O)C(C)(C)O2. The van der Waals surface area contributed by atoms with Gasteiger partial charge in [-0.25, -0.2) is 0 Å². The van der Waals surface area contributed by atoms with Crippen LogP contribution >= 0.6 is 0 Å². The van der Waals surface area contributed by atoms with Crippen LogP contribution < -0.4 is 10.1 Å². The highest BCUT2D eigenvalue weighted by Gasteiger charge is 2.35. The normalized spacial score (nSPS) is 18.3. The van der Waals surface area contributed by atoms with Gasteiger partial charge in [-0.3, -0.25) is 4.79 Å².